The molecule has 0 aromatic carbocycles. The van der Waals surface area contributed by atoms with Crippen molar-refractivity contribution in [1.82, 2.24) is 0 Å². The third kappa shape index (κ3) is 3.32. The summed E-state index contributed by atoms with van der Waals surface area (Å²) in [5.74, 6) is 1.29. The van der Waals surface area contributed by atoms with Gasteiger partial charge in [0.05, 0.1) is 13.2 Å². The summed E-state index contributed by atoms with van der Waals surface area (Å²) >= 11 is 5.17. The van der Waals surface area contributed by atoms with Crippen LogP contribution >= 0.6 is 6.49 Å². The van der Waals surface area contributed by atoms with Crippen LogP contribution in [0.25, 0.3) is 0 Å². The summed E-state index contributed by atoms with van der Waals surface area (Å²) in [6, 6.07) is 0. The molecule has 1 rings (SSSR count). The van der Waals surface area contributed by atoms with Gasteiger partial charge in [-0.25, -0.2) is 0 Å². The van der Waals surface area contributed by atoms with Gasteiger partial charge in [0, 0.05) is 12.6 Å². The molecular formula is C9H19O2PS. The van der Waals surface area contributed by atoms with Crippen molar-refractivity contribution in [2.24, 2.45) is 11.8 Å². The summed E-state index contributed by atoms with van der Waals surface area (Å²) < 4.78 is 11.1. The van der Waals surface area contributed by atoms with Crippen LogP contribution in [0.5, 0.6) is 0 Å². The summed E-state index contributed by atoms with van der Waals surface area (Å²) in [5.41, 5.74) is 0. The van der Waals surface area contributed by atoms with Crippen LogP contribution in [-0.4, -0.2) is 19.9 Å². The Kier molecular flexibility index (Phi) is 4.37. The Balaban J connectivity index is 2.44. The third-order valence-corrected chi connectivity index (χ3v) is 4.63. The van der Waals surface area contributed by atoms with Crippen molar-refractivity contribution in [3.63, 3.8) is 0 Å². The standard InChI is InChI=1S/C9H19O2PS/c1-4-8(5-2)9-6-10-12(3,13)11-7-9/h8-9H,4-7H2,1-3H3. The first-order valence-corrected chi connectivity index (χ1v) is 8.04. The molecule has 0 bridgehead atoms. The largest absolute Gasteiger partial charge is 0.329 e. The van der Waals surface area contributed by atoms with Gasteiger partial charge >= 0.3 is 0 Å². The molecule has 78 valence electrons. The quantitative estimate of drug-likeness (QED) is 0.684. The van der Waals surface area contributed by atoms with E-state index in [4.69, 9.17) is 20.9 Å². The van der Waals surface area contributed by atoms with E-state index >= 15 is 0 Å². The minimum atomic E-state index is -1.85. The summed E-state index contributed by atoms with van der Waals surface area (Å²) in [6.45, 7) is 6.12. The Labute approximate surface area is 86.2 Å². The van der Waals surface area contributed by atoms with Gasteiger partial charge in [0.25, 0.3) is 0 Å². The highest BCUT2D eigenvalue weighted by Gasteiger charge is 2.28. The maximum Gasteiger partial charge on any atom is 0.185 e. The maximum atomic E-state index is 5.57. The molecule has 0 amide bonds. The van der Waals surface area contributed by atoms with Crippen molar-refractivity contribution >= 4 is 18.3 Å². The molecular weight excluding hydrogens is 203 g/mol. The molecule has 0 aromatic rings. The Hall–Kier alpha value is 0.570. The van der Waals surface area contributed by atoms with Crippen LogP contribution < -0.4 is 0 Å². The first-order chi connectivity index (χ1) is 6.09. The summed E-state index contributed by atoms with van der Waals surface area (Å²) in [4.78, 5) is 0. The van der Waals surface area contributed by atoms with Gasteiger partial charge in [-0.15, -0.1) is 0 Å². The van der Waals surface area contributed by atoms with E-state index in [0.29, 0.717) is 5.92 Å². The minimum Gasteiger partial charge on any atom is -0.329 e. The van der Waals surface area contributed by atoms with Gasteiger partial charge in [0.1, 0.15) is 0 Å². The highest BCUT2D eigenvalue weighted by atomic mass is 32.5. The minimum absolute atomic E-state index is 0.561. The fraction of sp³-hybridized carbons (Fsp3) is 1.00. The van der Waals surface area contributed by atoms with Crippen molar-refractivity contribution in [2.45, 2.75) is 26.7 Å². The van der Waals surface area contributed by atoms with E-state index in [-0.39, 0.29) is 0 Å². The molecule has 0 N–H and O–H groups in total. The van der Waals surface area contributed by atoms with Gasteiger partial charge in [-0.1, -0.05) is 26.7 Å². The monoisotopic (exact) mass is 222 g/mol. The van der Waals surface area contributed by atoms with Crippen molar-refractivity contribution in [2.75, 3.05) is 19.9 Å². The van der Waals surface area contributed by atoms with E-state index in [1.54, 1.807) is 0 Å². The topological polar surface area (TPSA) is 18.5 Å². The zero-order valence-electron chi connectivity index (χ0n) is 8.66. The van der Waals surface area contributed by atoms with E-state index in [0.717, 1.165) is 19.1 Å². The van der Waals surface area contributed by atoms with Crippen LogP contribution in [0, 0.1) is 11.8 Å². The molecule has 1 aliphatic heterocycles. The average Bonchev–Trinajstić information content (AvgIpc) is 2.09. The van der Waals surface area contributed by atoms with Gasteiger partial charge in [-0.2, -0.15) is 0 Å². The smallest absolute Gasteiger partial charge is 0.185 e. The van der Waals surface area contributed by atoms with Crippen LogP contribution in [0.15, 0.2) is 0 Å². The Morgan fingerprint density at radius 3 is 2.15 bits per heavy atom. The highest BCUT2D eigenvalue weighted by Crippen LogP contribution is 2.49. The fourth-order valence-electron chi connectivity index (χ4n) is 1.78. The number of hydrogen-bond donors (Lipinski definition) is 0. The first kappa shape index (κ1) is 11.6. The second-order valence-electron chi connectivity index (χ2n) is 3.70. The molecule has 0 saturated carbocycles. The lowest BCUT2D eigenvalue weighted by Gasteiger charge is -2.33. The van der Waals surface area contributed by atoms with Crippen molar-refractivity contribution in [1.29, 1.82) is 0 Å². The lowest BCUT2D eigenvalue weighted by Crippen LogP contribution is -2.27. The molecule has 0 atom stereocenters. The second-order valence-corrected chi connectivity index (χ2v) is 7.75. The molecule has 2 nitrogen and oxygen atoms in total. The van der Waals surface area contributed by atoms with Crippen LogP contribution in [0.4, 0.5) is 0 Å². The van der Waals surface area contributed by atoms with Gasteiger partial charge in [-0.3, -0.25) is 0 Å². The maximum absolute atomic E-state index is 5.57. The molecule has 1 aliphatic rings. The molecule has 1 heterocycles. The van der Waals surface area contributed by atoms with Gasteiger partial charge < -0.3 is 9.05 Å². The van der Waals surface area contributed by atoms with Crippen molar-refractivity contribution in [3.05, 3.63) is 0 Å². The zero-order chi connectivity index (χ0) is 9.90. The SMILES string of the molecule is CCC(CC)C1COP(C)(=S)OC1. The van der Waals surface area contributed by atoms with Crippen LogP contribution in [0.3, 0.4) is 0 Å². The molecule has 0 aromatic heterocycles. The Bertz CT molecular complexity index is 192. The Morgan fingerprint density at radius 2 is 1.77 bits per heavy atom. The predicted molar refractivity (Wildman–Crippen MR) is 59.7 cm³/mol. The lowest BCUT2D eigenvalue weighted by atomic mass is 9.89. The normalized spacial score (nSPS) is 35.2. The molecule has 1 fully saturated rings. The van der Waals surface area contributed by atoms with Crippen LogP contribution in [0.1, 0.15) is 26.7 Å². The second kappa shape index (κ2) is 4.88. The summed E-state index contributed by atoms with van der Waals surface area (Å²) in [7, 11) is 0. The average molecular weight is 222 g/mol. The fourth-order valence-corrected chi connectivity index (χ4v) is 3.14. The van der Waals surface area contributed by atoms with Gasteiger partial charge in [0.2, 0.25) is 0 Å². The molecule has 1 saturated heterocycles. The highest BCUT2D eigenvalue weighted by molar-refractivity contribution is 8.09. The predicted octanol–water partition coefficient (Wildman–Crippen LogP) is 3.02. The molecule has 0 spiro atoms. The molecule has 4 heteroatoms. The van der Waals surface area contributed by atoms with E-state index in [2.05, 4.69) is 13.8 Å². The lowest BCUT2D eigenvalue weighted by molar-refractivity contribution is 0.0793. The van der Waals surface area contributed by atoms with E-state index in [1.807, 2.05) is 6.66 Å². The third-order valence-electron chi connectivity index (χ3n) is 2.76. The van der Waals surface area contributed by atoms with Crippen LogP contribution in [-0.2, 0) is 20.9 Å². The van der Waals surface area contributed by atoms with Crippen molar-refractivity contribution in [3.8, 4) is 0 Å². The number of hydrogen-bond acceptors (Lipinski definition) is 3. The van der Waals surface area contributed by atoms with Gasteiger partial charge in [-0.05, 0) is 17.7 Å². The molecule has 0 aliphatic carbocycles. The Morgan fingerprint density at radius 1 is 1.31 bits per heavy atom. The first-order valence-electron chi connectivity index (χ1n) is 4.95. The zero-order valence-corrected chi connectivity index (χ0v) is 10.4. The molecule has 0 unspecified atom stereocenters. The van der Waals surface area contributed by atoms with E-state index in [9.17, 15) is 0 Å². The van der Waals surface area contributed by atoms with Crippen LogP contribution in [0.2, 0.25) is 0 Å². The summed E-state index contributed by atoms with van der Waals surface area (Å²) in [5, 5.41) is 0. The number of rotatable bonds is 3. The van der Waals surface area contributed by atoms with E-state index < -0.39 is 6.49 Å². The van der Waals surface area contributed by atoms with Crippen molar-refractivity contribution < 1.29 is 9.05 Å². The van der Waals surface area contributed by atoms with E-state index in [1.165, 1.54) is 12.8 Å². The summed E-state index contributed by atoms with van der Waals surface area (Å²) in [6.07, 6.45) is 2.42. The van der Waals surface area contributed by atoms with Gasteiger partial charge in [0.15, 0.2) is 6.49 Å². The molecule has 0 radical (unpaired) electrons. The molecule has 13 heavy (non-hydrogen) atoms.